The first-order valence-electron chi connectivity index (χ1n) is 6.91. The molecular formula is C13H24N2O2. The van der Waals surface area contributed by atoms with Crippen LogP contribution in [0.15, 0.2) is 0 Å². The van der Waals surface area contributed by atoms with Crippen LogP contribution in [0.2, 0.25) is 0 Å². The first-order valence-corrected chi connectivity index (χ1v) is 6.91. The van der Waals surface area contributed by atoms with Crippen molar-refractivity contribution in [3.63, 3.8) is 0 Å². The van der Waals surface area contributed by atoms with Crippen LogP contribution in [-0.2, 0) is 9.53 Å². The SMILES string of the molecule is CCCNC1CCCN(CC2CCOC2)C1=O. The molecule has 2 heterocycles. The fourth-order valence-electron chi connectivity index (χ4n) is 2.67. The fourth-order valence-corrected chi connectivity index (χ4v) is 2.67. The number of hydrogen-bond donors (Lipinski definition) is 1. The monoisotopic (exact) mass is 240 g/mol. The molecule has 0 aromatic rings. The first-order chi connectivity index (χ1) is 8.31. The van der Waals surface area contributed by atoms with Crippen molar-refractivity contribution in [2.75, 3.05) is 32.8 Å². The van der Waals surface area contributed by atoms with E-state index < -0.39 is 0 Å². The molecule has 2 fully saturated rings. The lowest BCUT2D eigenvalue weighted by Gasteiger charge is -2.34. The number of ether oxygens (including phenoxy) is 1. The Morgan fingerprint density at radius 3 is 3.06 bits per heavy atom. The summed E-state index contributed by atoms with van der Waals surface area (Å²) in [5.74, 6) is 0.862. The van der Waals surface area contributed by atoms with E-state index in [4.69, 9.17) is 4.74 Å². The van der Waals surface area contributed by atoms with E-state index in [2.05, 4.69) is 12.2 Å². The Kier molecular flexibility index (Phi) is 4.80. The van der Waals surface area contributed by atoms with E-state index in [1.54, 1.807) is 0 Å². The second-order valence-electron chi connectivity index (χ2n) is 5.16. The highest BCUT2D eigenvalue weighted by Gasteiger charge is 2.30. The molecule has 98 valence electrons. The summed E-state index contributed by atoms with van der Waals surface area (Å²) in [5, 5.41) is 3.35. The Morgan fingerprint density at radius 1 is 1.47 bits per heavy atom. The van der Waals surface area contributed by atoms with Crippen molar-refractivity contribution in [2.45, 2.75) is 38.6 Å². The molecule has 2 saturated heterocycles. The predicted molar refractivity (Wildman–Crippen MR) is 66.8 cm³/mol. The quantitative estimate of drug-likeness (QED) is 0.780. The summed E-state index contributed by atoms with van der Waals surface area (Å²) in [6, 6.07) is 0.0611. The second kappa shape index (κ2) is 6.36. The van der Waals surface area contributed by atoms with Crippen LogP contribution >= 0.6 is 0 Å². The minimum Gasteiger partial charge on any atom is -0.381 e. The number of amides is 1. The highest BCUT2D eigenvalue weighted by molar-refractivity contribution is 5.82. The summed E-state index contributed by atoms with van der Waals surface area (Å²) < 4.78 is 5.37. The van der Waals surface area contributed by atoms with Crippen molar-refractivity contribution < 1.29 is 9.53 Å². The Hall–Kier alpha value is -0.610. The van der Waals surface area contributed by atoms with Crippen LogP contribution in [0.5, 0.6) is 0 Å². The van der Waals surface area contributed by atoms with E-state index in [9.17, 15) is 4.79 Å². The maximum absolute atomic E-state index is 12.2. The number of nitrogens with zero attached hydrogens (tertiary/aromatic N) is 1. The van der Waals surface area contributed by atoms with Gasteiger partial charge in [0.2, 0.25) is 5.91 Å². The molecule has 0 aliphatic carbocycles. The van der Waals surface area contributed by atoms with E-state index in [0.717, 1.165) is 58.5 Å². The molecule has 4 heteroatoms. The highest BCUT2D eigenvalue weighted by Crippen LogP contribution is 2.18. The van der Waals surface area contributed by atoms with Gasteiger partial charge in [-0.1, -0.05) is 6.92 Å². The van der Waals surface area contributed by atoms with Gasteiger partial charge in [-0.25, -0.2) is 0 Å². The minimum atomic E-state index is 0.0611. The normalized spacial score (nSPS) is 29.9. The average molecular weight is 240 g/mol. The van der Waals surface area contributed by atoms with Crippen LogP contribution in [0.25, 0.3) is 0 Å². The Labute approximate surface area is 104 Å². The Bertz CT molecular complexity index is 252. The molecule has 0 saturated carbocycles. The highest BCUT2D eigenvalue weighted by atomic mass is 16.5. The summed E-state index contributed by atoms with van der Waals surface area (Å²) >= 11 is 0. The maximum Gasteiger partial charge on any atom is 0.239 e. The van der Waals surface area contributed by atoms with Crippen LogP contribution < -0.4 is 5.32 Å². The molecule has 2 aliphatic heterocycles. The number of rotatable bonds is 5. The molecule has 2 aliphatic rings. The van der Waals surface area contributed by atoms with E-state index in [1.165, 1.54) is 0 Å². The number of piperidine rings is 1. The standard InChI is InChI=1S/C13H24N2O2/c1-2-6-14-12-4-3-7-15(13(12)16)9-11-5-8-17-10-11/h11-12,14H,2-10H2,1H3. The van der Waals surface area contributed by atoms with Crippen LogP contribution in [-0.4, -0.2) is 49.7 Å². The molecule has 1 N–H and O–H groups in total. The van der Waals surface area contributed by atoms with Gasteiger partial charge >= 0.3 is 0 Å². The molecule has 4 nitrogen and oxygen atoms in total. The third kappa shape index (κ3) is 3.42. The van der Waals surface area contributed by atoms with Gasteiger partial charge in [0.1, 0.15) is 0 Å². The van der Waals surface area contributed by atoms with Crippen LogP contribution in [0, 0.1) is 5.92 Å². The second-order valence-corrected chi connectivity index (χ2v) is 5.16. The summed E-state index contributed by atoms with van der Waals surface area (Å²) in [4.78, 5) is 14.3. The molecule has 17 heavy (non-hydrogen) atoms. The van der Waals surface area contributed by atoms with Crippen molar-refractivity contribution in [3.05, 3.63) is 0 Å². The van der Waals surface area contributed by atoms with Crippen molar-refractivity contribution >= 4 is 5.91 Å². The van der Waals surface area contributed by atoms with Gasteiger partial charge in [0.15, 0.2) is 0 Å². The molecule has 2 rings (SSSR count). The number of likely N-dealkylation sites (tertiary alicyclic amines) is 1. The van der Waals surface area contributed by atoms with Gasteiger partial charge in [0.05, 0.1) is 12.6 Å². The number of hydrogen-bond acceptors (Lipinski definition) is 3. The molecule has 2 unspecified atom stereocenters. The molecule has 0 radical (unpaired) electrons. The van der Waals surface area contributed by atoms with Crippen LogP contribution in [0.4, 0.5) is 0 Å². The Balaban J connectivity index is 1.82. The van der Waals surface area contributed by atoms with Crippen molar-refractivity contribution in [2.24, 2.45) is 5.92 Å². The van der Waals surface area contributed by atoms with Gasteiger partial charge in [0, 0.05) is 25.6 Å². The zero-order valence-corrected chi connectivity index (χ0v) is 10.8. The van der Waals surface area contributed by atoms with Gasteiger partial charge < -0.3 is 15.0 Å². The van der Waals surface area contributed by atoms with Crippen molar-refractivity contribution in [3.8, 4) is 0 Å². The van der Waals surface area contributed by atoms with Gasteiger partial charge in [-0.3, -0.25) is 4.79 Å². The predicted octanol–water partition coefficient (Wildman–Crippen LogP) is 1.01. The number of nitrogens with one attached hydrogen (secondary N) is 1. The molecule has 1 amide bonds. The van der Waals surface area contributed by atoms with Gasteiger partial charge in [-0.05, 0) is 32.2 Å². The van der Waals surface area contributed by atoms with Crippen molar-refractivity contribution in [1.82, 2.24) is 10.2 Å². The largest absolute Gasteiger partial charge is 0.381 e. The van der Waals surface area contributed by atoms with Crippen LogP contribution in [0.1, 0.15) is 32.6 Å². The topological polar surface area (TPSA) is 41.6 Å². The molecule has 0 aromatic carbocycles. The number of carbonyl (C=O) groups excluding carboxylic acids is 1. The van der Waals surface area contributed by atoms with E-state index in [1.807, 2.05) is 4.90 Å². The lowest BCUT2D eigenvalue weighted by Crippen LogP contribution is -2.52. The molecule has 2 atom stereocenters. The maximum atomic E-state index is 12.2. The van der Waals surface area contributed by atoms with Gasteiger partial charge in [-0.15, -0.1) is 0 Å². The smallest absolute Gasteiger partial charge is 0.239 e. The van der Waals surface area contributed by atoms with Gasteiger partial charge in [0.25, 0.3) is 0 Å². The molecular weight excluding hydrogens is 216 g/mol. The van der Waals surface area contributed by atoms with Gasteiger partial charge in [-0.2, -0.15) is 0 Å². The number of carbonyl (C=O) groups is 1. The third-order valence-electron chi connectivity index (χ3n) is 3.67. The lowest BCUT2D eigenvalue weighted by atomic mass is 10.0. The summed E-state index contributed by atoms with van der Waals surface area (Å²) in [7, 11) is 0. The lowest BCUT2D eigenvalue weighted by molar-refractivity contribution is -0.136. The summed E-state index contributed by atoms with van der Waals surface area (Å²) in [6.45, 7) is 6.59. The Morgan fingerprint density at radius 2 is 2.35 bits per heavy atom. The minimum absolute atomic E-state index is 0.0611. The molecule has 0 spiro atoms. The van der Waals surface area contributed by atoms with Crippen molar-refractivity contribution in [1.29, 1.82) is 0 Å². The third-order valence-corrected chi connectivity index (χ3v) is 3.67. The van der Waals surface area contributed by atoms with E-state index in [0.29, 0.717) is 11.8 Å². The summed E-state index contributed by atoms with van der Waals surface area (Å²) in [5.41, 5.74) is 0. The van der Waals surface area contributed by atoms with Crippen LogP contribution in [0.3, 0.4) is 0 Å². The van der Waals surface area contributed by atoms with E-state index in [-0.39, 0.29) is 6.04 Å². The molecule has 0 aromatic heterocycles. The fraction of sp³-hybridized carbons (Fsp3) is 0.923. The van der Waals surface area contributed by atoms with E-state index >= 15 is 0 Å². The first kappa shape index (κ1) is 12.8. The average Bonchev–Trinajstić information content (AvgIpc) is 2.83. The molecule has 0 bridgehead atoms. The zero-order chi connectivity index (χ0) is 12.1. The summed E-state index contributed by atoms with van der Waals surface area (Å²) in [6.07, 6.45) is 4.31. The zero-order valence-electron chi connectivity index (χ0n) is 10.8.